The van der Waals surface area contributed by atoms with E-state index < -0.39 is 0 Å². The van der Waals surface area contributed by atoms with E-state index in [1.165, 1.54) is 0 Å². The minimum Gasteiger partial charge on any atom is -0.384 e. The average molecular weight is 442 g/mol. The second kappa shape index (κ2) is 8.19. The van der Waals surface area contributed by atoms with E-state index in [0.717, 1.165) is 29.0 Å². The van der Waals surface area contributed by atoms with Crippen molar-refractivity contribution in [2.45, 2.75) is 26.9 Å². The lowest BCUT2D eigenvalue weighted by atomic mass is 10.2. The molecule has 0 aliphatic carbocycles. The summed E-state index contributed by atoms with van der Waals surface area (Å²) in [5.74, 6) is 2.83. The van der Waals surface area contributed by atoms with E-state index in [-0.39, 0.29) is 0 Å². The molecule has 0 aromatic carbocycles. The van der Waals surface area contributed by atoms with Gasteiger partial charge < -0.3 is 21.4 Å². The maximum atomic E-state index is 6.00. The first kappa shape index (κ1) is 20.4. The highest BCUT2D eigenvalue weighted by molar-refractivity contribution is 5.85. The minimum atomic E-state index is 0.444. The predicted octanol–water partition coefficient (Wildman–Crippen LogP) is 2.57. The maximum Gasteiger partial charge on any atom is 0.166 e. The number of anilines is 3. The van der Waals surface area contributed by atoms with Crippen molar-refractivity contribution in [3.05, 3.63) is 60.3 Å². The summed E-state index contributed by atoms with van der Waals surface area (Å²) < 4.78 is 3.59. The van der Waals surface area contributed by atoms with Crippen LogP contribution in [0.1, 0.15) is 18.2 Å². The molecule has 0 amide bonds. The Morgan fingerprint density at radius 1 is 1.00 bits per heavy atom. The Balaban J connectivity index is 1.44. The SMILES string of the molecule is CCn1cnc2c(NCc3ccc(-n4nc(C)cc4N)nc3)nc(-c3ccc(N)nc3)nc21. The zero-order chi connectivity index (χ0) is 22.9. The van der Waals surface area contributed by atoms with Gasteiger partial charge in [0.15, 0.2) is 23.1 Å². The summed E-state index contributed by atoms with van der Waals surface area (Å²) in [6.45, 7) is 5.18. The first-order valence-corrected chi connectivity index (χ1v) is 10.5. The van der Waals surface area contributed by atoms with Crippen LogP contribution in [0.2, 0.25) is 0 Å². The van der Waals surface area contributed by atoms with Gasteiger partial charge in [0.1, 0.15) is 17.2 Å². The molecule has 166 valence electrons. The number of aryl methyl sites for hydroxylation is 2. The number of nitrogens with one attached hydrogen (secondary N) is 1. The number of hydrogen-bond acceptors (Lipinski definition) is 9. The Labute approximate surface area is 189 Å². The Kier molecular flexibility index (Phi) is 5.05. The molecule has 0 bridgehead atoms. The van der Waals surface area contributed by atoms with Gasteiger partial charge in [-0.25, -0.2) is 24.9 Å². The molecule has 11 heteroatoms. The van der Waals surface area contributed by atoms with Crippen LogP contribution in [0.4, 0.5) is 17.5 Å². The van der Waals surface area contributed by atoms with Gasteiger partial charge in [0.05, 0.1) is 12.0 Å². The van der Waals surface area contributed by atoms with Crippen molar-refractivity contribution >= 4 is 28.6 Å². The number of fused-ring (bicyclic) bond motifs is 1. The van der Waals surface area contributed by atoms with Gasteiger partial charge in [-0.15, -0.1) is 0 Å². The fraction of sp³-hybridized carbons (Fsp3) is 0.182. The Hall–Kier alpha value is -4.54. The molecule has 0 fully saturated rings. The number of nitrogens with two attached hydrogens (primary N) is 2. The lowest BCUT2D eigenvalue weighted by molar-refractivity contribution is 0.777. The van der Waals surface area contributed by atoms with Gasteiger partial charge in [0, 0.05) is 37.1 Å². The number of nitrogen functional groups attached to an aromatic ring is 2. The van der Waals surface area contributed by atoms with Crippen molar-refractivity contribution in [3.8, 4) is 17.2 Å². The number of pyridine rings is 2. The predicted molar refractivity (Wildman–Crippen MR) is 126 cm³/mol. The van der Waals surface area contributed by atoms with Crippen LogP contribution in [0.25, 0.3) is 28.4 Å². The van der Waals surface area contributed by atoms with E-state index in [9.17, 15) is 0 Å². The number of hydrogen-bond donors (Lipinski definition) is 3. The monoisotopic (exact) mass is 441 g/mol. The van der Waals surface area contributed by atoms with Crippen molar-refractivity contribution in [2.75, 3.05) is 16.8 Å². The van der Waals surface area contributed by atoms with E-state index in [1.807, 2.05) is 36.6 Å². The van der Waals surface area contributed by atoms with Crippen LogP contribution >= 0.6 is 0 Å². The third-order valence-electron chi connectivity index (χ3n) is 5.19. The van der Waals surface area contributed by atoms with Gasteiger partial charge in [-0.1, -0.05) is 6.07 Å². The van der Waals surface area contributed by atoms with Crippen LogP contribution < -0.4 is 16.8 Å². The highest BCUT2D eigenvalue weighted by Gasteiger charge is 2.14. The molecule has 5 rings (SSSR count). The van der Waals surface area contributed by atoms with E-state index in [4.69, 9.17) is 21.4 Å². The summed E-state index contributed by atoms with van der Waals surface area (Å²) in [5.41, 5.74) is 15.8. The van der Waals surface area contributed by atoms with Gasteiger partial charge >= 0.3 is 0 Å². The first-order chi connectivity index (χ1) is 16.0. The van der Waals surface area contributed by atoms with E-state index in [2.05, 4.69) is 25.4 Å². The molecule has 33 heavy (non-hydrogen) atoms. The topological polar surface area (TPSA) is 151 Å². The smallest absolute Gasteiger partial charge is 0.166 e. The lowest BCUT2D eigenvalue weighted by Gasteiger charge is -2.10. The van der Waals surface area contributed by atoms with Crippen LogP contribution in [-0.2, 0) is 13.1 Å². The number of nitrogens with zero attached hydrogens (tertiary/aromatic N) is 8. The summed E-state index contributed by atoms with van der Waals surface area (Å²) in [5, 5.41) is 7.74. The number of rotatable bonds is 6. The molecule has 0 aliphatic rings. The highest BCUT2D eigenvalue weighted by atomic mass is 15.3. The van der Waals surface area contributed by atoms with E-state index in [0.29, 0.717) is 41.2 Å². The maximum absolute atomic E-state index is 6.00. The Morgan fingerprint density at radius 3 is 2.55 bits per heavy atom. The zero-order valence-corrected chi connectivity index (χ0v) is 18.3. The molecule has 0 saturated heterocycles. The van der Waals surface area contributed by atoms with Gasteiger partial charge in [-0.2, -0.15) is 9.78 Å². The largest absolute Gasteiger partial charge is 0.384 e. The molecule has 0 unspecified atom stereocenters. The molecule has 11 nitrogen and oxygen atoms in total. The lowest BCUT2D eigenvalue weighted by Crippen LogP contribution is -2.07. The van der Waals surface area contributed by atoms with Gasteiger partial charge in [0.25, 0.3) is 0 Å². The van der Waals surface area contributed by atoms with Crippen molar-refractivity contribution in [1.29, 1.82) is 0 Å². The third-order valence-corrected chi connectivity index (χ3v) is 5.19. The van der Waals surface area contributed by atoms with Crippen LogP contribution in [0, 0.1) is 6.92 Å². The number of imidazole rings is 1. The summed E-state index contributed by atoms with van der Waals surface area (Å²) in [6, 6.07) is 9.24. The summed E-state index contributed by atoms with van der Waals surface area (Å²) in [6.07, 6.45) is 5.22. The van der Waals surface area contributed by atoms with Crippen molar-refractivity contribution in [3.63, 3.8) is 0 Å². The molecule has 5 aromatic heterocycles. The Morgan fingerprint density at radius 2 is 1.88 bits per heavy atom. The molecule has 5 N–H and O–H groups in total. The fourth-order valence-corrected chi connectivity index (χ4v) is 3.50. The normalized spacial score (nSPS) is 11.2. The molecule has 5 aromatic rings. The molecule has 5 heterocycles. The highest BCUT2D eigenvalue weighted by Crippen LogP contribution is 2.25. The fourth-order valence-electron chi connectivity index (χ4n) is 3.50. The average Bonchev–Trinajstić information content (AvgIpc) is 3.40. The van der Waals surface area contributed by atoms with Crippen LogP contribution in [0.15, 0.2) is 49.1 Å². The molecule has 0 radical (unpaired) electrons. The second-order valence-electron chi connectivity index (χ2n) is 7.57. The summed E-state index contributed by atoms with van der Waals surface area (Å²) in [4.78, 5) is 22.6. The molecule has 0 spiro atoms. The van der Waals surface area contributed by atoms with Gasteiger partial charge in [0.2, 0.25) is 0 Å². The Bertz CT molecular complexity index is 1420. The number of aromatic nitrogens is 8. The second-order valence-corrected chi connectivity index (χ2v) is 7.57. The van der Waals surface area contributed by atoms with Crippen molar-refractivity contribution < 1.29 is 0 Å². The van der Waals surface area contributed by atoms with E-state index >= 15 is 0 Å². The van der Waals surface area contributed by atoms with Gasteiger partial charge in [-0.3, -0.25) is 0 Å². The third kappa shape index (κ3) is 3.91. The molecule has 0 saturated carbocycles. The molecular weight excluding hydrogens is 418 g/mol. The van der Waals surface area contributed by atoms with Crippen LogP contribution in [-0.4, -0.2) is 39.3 Å². The van der Waals surface area contributed by atoms with Crippen LogP contribution in [0.5, 0.6) is 0 Å². The van der Waals surface area contributed by atoms with Crippen LogP contribution in [0.3, 0.4) is 0 Å². The first-order valence-electron chi connectivity index (χ1n) is 10.5. The summed E-state index contributed by atoms with van der Waals surface area (Å²) in [7, 11) is 0. The molecule has 0 atom stereocenters. The van der Waals surface area contributed by atoms with Crippen molar-refractivity contribution in [1.82, 2.24) is 39.3 Å². The minimum absolute atomic E-state index is 0.444. The van der Waals surface area contributed by atoms with Gasteiger partial charge in [-0.05, 0) is 37.6 Å². The van der Waals surface area contributed by atoms with E-state index in [1.54, 1.807) is 35.5 Å². The standard InChI is InChI=1S/C22H23N11/c1-3-32-12-28-19-21(29-20(30-22(19)32)15-5-6-16(23)25-11-15)27-10-14-4-7-18(26-9-14)33-17(24)8-13(2)31-33/h4-9,11-12H,3,10,24H2,1-2H3,(H2,23,25)(H,27,29,30). The molecule has 0 aliphatic heterocycles. The molecular formula is C22H23N11. The zero-order valence-electron chi connectivity index (χ0n) is 18.3. The summed E-state index contributed by atoms with van der Waals surface area (Å²) >= 11 is 0. The quantitative estimate of drug-likeness (QED) is 0.361. The van der Waals surface area contributed by atoms with Crippen molar-refractivity contribution in [2.24, 2.45) is 0 Å².